The molecular weight excluding hydrogens is 224 g/mol. The van der Waals surface area contributed by atoms with Crippen LogP contribution >= 0.6 is 0 Å². The lowest BCUT2D eigenvalue weighted by Crippen LogP contribution is -2.03. The molecule has 0 aliphatic carbocycles. The molecule has 1 atom stereocenters. The number of aryl methyl sites for hydroxylation is 1. The third-order valence-corrected chi connectivity index (χ3v) is 2.63. The topological polar surface area (TPSA) is 33.1 Å². The first kappa shape index (κ1) is 11.7. The zero-order valence-corrected chi connectivity index (χ0v) is 9.19. The van der Waals surface area contributed by atoms with Crippen molar-refractivity contribution in [1.29, 1.82) is 0 Å². The molecule has 0 aliphatic heterocycles. The third-order valence-electron chi connectivity index (χ3n) is 2.63. The molecule has 0 fully saturated rings. The molecule has 2 rings (SSSR count). The van der Waals surface area contributed by atoms with E-state index in [1.165, 1.54) is 12.3 Å². The van der Waals surface area contributed by atoms with E-state index in [1.54, 1.807) is 12.3 Å². The molecule has 4 heteroatoms. The zero-order chi connectivity index (χ0) is 12.4. The van der Waals surface area contributed by atoms with Crippen LogP contribution in [0, 0.1) is 18.6 Å². The van der Waals surface area contributed by atoms with Crippen LogP contribution in [0.1, 0.15) is 22.8 Å². The number of pyridine rings is 1. The molecule has 1 unspecified atom stereocenters. The summed E-state index contributed by atoms with van der Waals surface area (Å²) in [6.07, 6.45) is 2.12. The van der Waals surface area contributed by atoms with Gasteiger partial charge in [0.2, 0.25) is 0 Å². The molecular formula is C13H11F2NO. The molecule has 17 heavy (non-hydrogen) atoms. The lowest BCUT2D eigenvalue weighted by atomic mass is 9.99. The van der Waals surface area contributed by atoms with Crippen LogP contribution < -0.4 is 0 Å². The molecule has 0 spiro atoms. The minimum Gasteiger partial charge on any atom is -0.384 e. The second-order valence-corrected chi connectivity index (χ2v) is 3.81. The summed E-state index contributed by atoms with van der Waals surface area (Å²) in [5.74, 6) is -1.90. The Bertz CT molecular complexity index is 543. The van der Waals surface area contributed by atoms with E-state index in [9.17, 15) is 13.9 Å². The Morgan fingerprint density at radius 1 is 1.18 bits per heavy atom. The van der Waals surface area contributed by atoms with Crippen LogP contribution in [-0.4, -0.2) is 10.1 Å². The summed E-state index contributed by atoms with van der Waals surface area (Å²) in [5, 5.41) is 10.1. The fourth-order valence-electron chi connectivity index (χ4n) is 1.62. The first-order valence-corrected chi connectivity index (χ1v) is 5.13. The van der Waals surface area contributed by atoms with Crippen molar-refractivity contribution in [3.63, 3.8) is 0 Å². The van der Waals surface area contributed by atoms with Gasteiger partial charge in [-0.2, -0.15) is 0 Å². The molecule has 1 heterocycles. The molecule has 1 aromatic heterocycles. The molecule has 2 nitrogen and oxygen atoms in total. The lowest BCUT2D eigenvalue weighted by Gasteiger charge is -2.13. The Kier molecular flexibility index (Phi) is 3.15. The van der Waals surface area contributed by atoms with Crippen molar-refractivity contribution in [2.45, 2.75) is 13.0 Å². The highest BCUT2D eigenvalue weighted by atomic mass is 19.2. The number of rotatable bonds is 2. The predicted molar refractivity (Wildman–Crippen MR) is 59.4 cm³/mol. The van der Waals surface area contributed by atoms with Gasteiger partial charge >= 0.3 is 0 Å². The molecule has 0 aliphatic rings. The first-order valence-electron chi connectivity index (χ1n) is 5.13. The monoisotopic (exact) mass is 235 g/mol. The van der Waals surface area contributed by atoms with E-state index in [-0.39, 0.29) is 0 Å². The summed E-state index contributed by atoms with van der Waals surface area (Å²) in [6.45, 7) is 1.82. The van der Waals surface area contributed by atoms with E-state index < -0.39 is 17.7 Å². The number of benzene rings is 1. The van der Waals surface area contributed by atoms with Gasteiger partial charge in [-0.15, -0.1) is 0 Å². The average Bonchev–Trinajstić information content (AvgIpc) is 2.32. The molecule has 0 amide bonds. The molecule has 0 saturated carbocycles. The summed E-state index contributed by atoms with van der Waals surface area (Å²) in [4.78, 5) is 3.90. The van der Waals surface area contributed by atoms with E-state index in [2.05, 4.69) is 4.98 Å². The van der Waals surface area contributed by atoms with Crippen molar-refractivity contribution in [1.82, 2.24) is 4.98 Å². The second-order valence-electron chi connectivity index (χ2n) is 3.81. The third kappa shape index (κ3) is 2.31. The van der Waals surface area contributed by atoms with Crippen molar-refractivity contribution in [3.8, 4) is 0 Å². The van der Waals surface area contributed by atoms with Gasteiger partial charge in [0, 0.05) is 18.0 Å². The van der Waals surface area contributed by atoms with Crippen LogP contribution in [0.2, 0.25) is 0 Å². The Balaban J connectivity index is 2.40. The van der Waals surface area contributed by atoms with Gasteiger partial charge in [0.05, 0.1) is 0 Å². The van der Waals surface area contributed by atoms with Gasteiger partial charge in [0.15, 0.2) is 11.6 Å². The quantitative estimate of drug-likeness (QED) is 0.868. The Morgan fingerprint density at radius 3 is 2.59 bits per heavy atom. The highest BCUT2D eigenvalue weighted by Crippen LogP contribution is 2.24. The maximum absolute atomic E-state index is 13.1. The number of halogens is 2. The minimum absolute atomic E-state index is 0.306. The maximum atomic E-state index is 13.1. The van der Waals surface area contributed by atoms with Gasteiger partial charge in [-0.3, -0.25) is 4.98 Å². The predicted octanol–water partition coefficient (Wildman–Crippen LogP) is 2.75. The summed E-state index contributed by atoms with van der Waals surface area (Å²) >= 11 is 0. The van der Waals surface area contributed by atoms with E-state index in [4.69, 9.17) is 0 Å². The van der Waals surface area contributed by atoms with E-state index in [0.717, 1.165) is 17.7 Å². The van der Waals surface area contributed by atoms with Crippen LogP contribution in [0.3, 0.4) is 0 Å². The van der Waals surface area contributed by atoms with Gasteiger partial charge in [-0.25, -0.2) is 8.78 Å². The smallest absolute Gasteiger partial charge is 0.159 e. The van der Waals surface area contributed by atoms with Crippen molar-refractivity contribution in [2.24, 2.45) is 0 Å². The number of hydrogen-bond acceptors (Lipinski definition) is 2. The SMILES string of the molecule is Cc1ccncc1C(O)c1ccc(F)c(F)c1. The molecule has 2 aromatic rings. The minimum atomic E-state index is -1.00. The van der Waals surface area contributed by atoms with E-state index in [1.807, 2.05) is 6.92 Å². The van der Waals surface area contributed by atoms with Crippen molar-refractivity contribution in [3.05, 3.63) is 65.0 Å². The highest BCUT2D eigenvalue weighted by molar-refractivity contribution is 5.33. The number of nitrogens with zero attached hydrogens (tertiary/aromatic N) is 1. The number of aromatic nitrogens is 1. The standard InChI is InChI=1S/C13H11F2NO/c1-8-4-5-16-7-10(8)13(17)9-2-3-11(14)12(15)6-9/h2-7,13,17H,1H3. The Morgan fingerprint density at radius 2 is 1.94 bits per heavy atom. The van der Waals surface area contributed by atoms with Crippen molar-refractivity contribution >= 4 is 0 Å². The summed E-state index contributed by atoms with van der Waals surface area (Å²) < 4.78 is 25.8. The van der Waals surface area contributed by atoms with Gasteiger partial charge in [0.1, 0.15) is 6.10 Å². The molecule has 1 N–H and O–H groups in total. The van der Waals surface area contributed by atoms with E-state index >= 15 is 0 Å². The molecule has 0 saturated heterocycles. The van der Waals surface area contributed by atoms with Gasteiger partial charge < -0.3 is 5.11 Å². The lowest BCUT2D eigenvalue weighted by molar-refractivity contribution is 0.218. The molecule has 0 radical (unpaired) electrons. The van der Waals surface area contributed by atoms with Gasteiger partial charge in [-0.1, -0.05) is 6.07 Å². The zero-order valence-electron chi connectivity index (χ0n) is 9.19. The summed E-state index contributed by atoms with van der Waals surface area (Å²) in [6, 6.07) is 5.10. The van der Waals surface area contributed by atoms with Crippen molar-refractivity contribution in [2.75, 3.05) is 0 Å². The van der Waals surface area contributed by atoms with Gasteiger partial charge in [-0.05, 0) is 36.2 Å². The second kappa shape index (κ2) is 4.59. The maximum Gasteiger partial charge on any atom is 0.159 e. The normalized spacial score (nSPS) is 12.5. The van der Waals surface area contributed by atoms with Crippen LogP contribution in [0.5, 0.6) is 0 Å². The summed E-state index contributed by atoms with van der Waals surface area (Å²) in [5.41, 5.74) is 1.73. The molecule has 0 bridgehead atoms. The van der Waals surface area contributed by atoms with Crippen LogP contribution in [0.25, 0.3) is 0 Å². The Hall–Kier alpha value is -1.81. The molecule has 88 valence electrons. The largest absolute Gasteiger partial charge is 0.384 e. The van der Waals surface area contributed by atoms with Crippen LogP contribution in [0.15, 0.2) is 36.7 Å². The fourth-order valence-corrected chi connectivity index (χ4v) is 1.62. The first-order chi connectivity index (χ1) is 8.09. The summed E-state index contributed by atoms with van der Waals surface area (Å²) in [7, 11) is 0. The average molecular weight is 235 g/mol. The van der Waals surface area contributed by atoms with Crippen molar-refractivity contribution < 1.29 is 13.9 Å². The highest BCUT2D eigenvalue weighted by Gasteiger charge is 2.14. The Labute approximate surface area is 97.6 Å². The van der Waals surface area contributed by atoms with E-state index in [0.29, 0.717) is 11.1 Å². The van der Waals surface area contributed by atoms with Gasteiger partial charge in [0.25, 0.3) is 0 Å². The van der Waals surface area contributed by atoms with Crippen LogP contribution in [0.4, 0.5) is 8.78 Å². The van der Waals surface area contributed by atoms with Crippen LogP contribution in [-0.2, 0) is 0 Å². The number of aliphatic hydroxyl groups is 1. The molecule has 1 aromatic carbocycles. The number of aliphatic hydroxyl groups excluding tert-OH is 1. The number of hydrogen-bond donors (Lipinski definition) is 1. The fraction of sp³-hybridized carbons (Fsp3) is 0.154.